The molecule has 1 heterocycles. The summed E-state index contributed by atoms with van der Waals surface area (Å²) in [5.41, 5.74) is 2.06. The smallest absolute Gasteiger partial charge is 0.233 e. The molecule has 3 aromatic carbocycles. The Labute approximate surface area is 178 Å². The Bertz CT molecular complexity index is 1290. The zero-order chi connectivity index (χ0) is 22.1. The Morgan fingerprint density at radius 2 is 1.45 bits per heavy atom. The van der Waals surface area contributed by atoms with Crippen LogP contribution in [0, 0.1) is 0 Å². The fraction of sp³-hybridized carbons (Fsp3) is 0.0870. The van der Waals surface area contributed by atoms with Gasteiger partial charge in [-0.25, -0.2) is 27.0 Å². The molecule has 4 aromatic rings. The van der Waals surface area contributed by atoms with Crippen LogP contribution in [0.1, 0.15) is 11.3 Å². The van der Waals surface area contributed by atoms with Gasteiger partial charge in [-0.2, -0.15) is 5.10 Å². The maximum absolute atomic E-state index is 14.8. The third-order valence-electron chi connectivity index (χ3n) is 4.84. The van der Waals surface area contributed by atoms with Gasteiger partial charge in [0.25, 0.3) is 5.92 Å². The topological polar surface area (TPSA) is 78.0 Å². The summed E-state index contributed by atoms with van der Waals surface area (Å²) in [6, 6.07) is 24.3. The number of hydrogen-bond acceptors (Lipinski definition) is 3. The normalized spacial score (nSPS) is 12.1. The molecule has 0 aliphatic rings. The van der Waals surface area contributed by atoms with Crippen LogP contribution in [0.25, 0.3) is 16.9 Å². The molecule has 0 saturated carbocycles. The first-order valence-corrected chi connectivity index (χ1v) is 11.0. The third-order valence-corrected chi connectivity index (χ3v) is 5.77. The minimum atomic E-state index is -3.84. The van der Waals surface area contributed by atoms with Crippen molar-refractivity contribution in [3.63, 3.8) is 0 Å². The maximum Gasteiger partial charge on any atom is 0.278 e. The van der Waals surface area contributed by atoms with Crippen LogP contribution in [0.15, 0.2) is 95.9 Å². The molecule has 0 bridgehead atoms. The number of hydrogen-bond donors (Lipinski definition) is 1. The predicted molar refractivity (Wildman–Crippen MR) is 114 cm³/mol. The minimum Gasteiger partial charge on any atom is -0.233 e. The Kier molecular flexibility index (Phi) is 5.43. The molecule has 4 rings (SSSR count). The molecule has 0 amide bonds. The second kappa shape index (κ2) is 8.05. The van der Waals surface area contributed by atoms with E-state index in [0.29, 0.717) is 11.4 Å². The van der Waals surface area contributed by atoms with Crippen molar-refractivity contribution in [3.05, 3.63) is 102 Å². The molecule has 5 nitrogen and oxygen atoms in total. The summed E-state index contributed by atoms with van der Waals surface area (Å²) < 4.78 is 54.3. The molecule has 31 heavy (non-hydrogen) atoms. The lowest BCUT2D eigenvalue weighted by atomic mass is 10.0. The first-order valence-electron chi connectivity index (χ1n) is 9.45. The highest BCUT2D eigenvalue weighted by atomic mass is 32.2. The molecular weight excluding hydrogens is 420 g/mol. The maximum atomic E-state index is 14.8. The van der Waals surface area contributed by atoms with Gasteiger partial charge in [0.05, 0.1) is 28.4 Å². The van der Waals surface area contributed by atoms with E-state index in [0.717, 1.165) is 5.56 Å². The minimum absolute atomic E-state index is 0.0412. The highest BCUT2D eigenvalue weighted by Crippen LogP contribution is 2.33. The number of rotatable bonds is 6. The molecule has 2 N–H and O–H groups in total. The molecule has 0 atom stereocenters. The summed E-state index contributed by atoms with van der Waals surface area (Å²) in [7, 11) is -3.84. The average molecular weight is 439 g/mol. The standard InChI is InChI=1S/C23H19F2N3O2S/c24-23(25,18-9-5-2-6-10-18)16-19-15-22(17-7-3-1-4-8-17)28(27-19)20-11-13-21(14-12-20)31(26,29)30/h1-15H,16H2,(H2,26,29,30). The van der Waals surface area contributed by atoms with Crippen LogP contribution in [0.3, 0.4) is 0 Å². The van der Waals surface area contributed by atoms with Gasteiger partial charge in [-0.3, -0.25) is 0 Å². The Morgan fingerprint density at radius 1 is 0.871 bits per heavy atom. The first-order chi connectivity index (χ1) is 14.7. The molecule has 0 fully saturated rings. The summed E-state index contributed by atoms with van der Waals surface area (Å²) in [4.78, 5) is -0.0412. The van der Waals surface area contributed by atoms with Gasteiger partial charge in [-0.05, 0) is 30.3 Å². The highest BCUT2D eigenvalue weighted by molar-refractivity contribution is 7.89. The highest BCUT2D eigenvalue weighted by Gasteiger charge is 2.33. The molecule has 0 radical (unpaired) electrons. The Balaban J connectivity index is 1.77. The van der Waals surface area contributed by atoms with Gasteiger partial charge in [0.1, 0.15) is 0 Å². The molecular formula is C23H19F2N3O2S. The van der Waals surface area contributed by atoms with Crippen LogP contribution >= 0.6 is 0 Å². The molecule has 0 unspecified atom stereocenters. The number of aromatic nitrogens is 2. The second-order valence-corrected chi connectivity index (χ2v) is 8.65. The van der Waals surface area contributed by atoms with Crippen LogP contribution < -0.4 is 5.14 Å². The van der Waals surface area contributed by atoms with E-state index in [1.165, 1.54) is 41.1 Å². The summed E-state index contributed by atoms with van der Waals surface area (Å²) >= 11 is 0. The van der Waals surface area contributed by atoms with Gasteiger partial charge in [-0.15, -0.1) is 0 Å². The van der Waals surface area contributed by atoms with E-state index in [1.54, 1.807) is 24.3 Å². The number of primary sulfonamides is 1. The van der Waals surface area contributed by atoms with Crippen molar-refractivity contribution in [3.8, 4) is 16.9 Å². The second-order valence-electron chi connectivity index (χ2n) is 7.08. The van der Waals surface area contributed by atoms with E-state index < -0.39 is 22.4 Å². The first kappa shape index (κ1) is 20.9. The van der Waals surface area contributed by atoms with Crippen molar-refractivity contribution < 1.29 is 17.2 Å². The number of sulfonamides is 1. The largest absolute Gasteiger partial charge is 0.278 e. The summed E-state index contributed by atoms with van der Waals surface area (Å²) in [6.45, 7) is 0. The predicted octanol–water partition coefficient (Wildman–Crippen LogP) is 4.52. The van der Waals surface area contributed by atoms with Gasteiger partial charge in [0, 0.05) is 11.1 Å². The quantitative estimate of drug-likeness (QED) is 0.480. The number of nitrogens with two attached hydrogens (primary N) is 1. The van der Waals surface area contributed by atoms with Crippen LogP contribution in [0.4, 0.5) is 8.78 Å². The number of alkyl halides is 2. The number of halogens is 2. The Hall–Kier alpha value is -3.36. The summed E-state index contributed by atoms with van der Waals surface area (Å²) in [5, 5.41) is 9.58. The zero-order valence-corrected chi connectivity index (χ0v) is 17.1. The number of nitrogens with zero attached hydrogens (tertiary/aromatic N) is 2. The molecule has 8 heteroatoms. The lowest BCUT2D eigenvalue weighted by Gasteiger charge is -2.15. The average Bonchev–Trinajstić information content (AvgIpc) is 3.17. The van der Waals surface area contributed by atoms with Crippen LogP contribution in [-0.4, -0.2) is 18.2 Å². The van der Waals surface area contributed by atoms with E-state index in [-0.39, 0.29) is 16.2 Å². The fourth-order valence-corrected chi connectivity index (χ4v) is 3.83. The van der Waals surface area contributed by atoms with Gasteiger partial charge >= 0.3 is 0 Å². The molecule has 158 valence electrons. The molecule has 0 aliphatic carbocycles. The lowest BCUT2D eigenvalue weighted by Crippen LogP contribution is -2.17. The molecule has 1 aromatic heterocycles. The van der Waals surface area contributed by atoms with Crippen molar-refractivity contribution in [1.82, 2.24) is 9.78 Å². The SMILES string of the molecule is NS(=O)(=O)c1ccc(-n2nc(CC(F)(F)c3ccccc3)cc2-c2ccccc2)cc1. The van der Waals surface area contributed by atoms with Crippen molar-refractivity contribution in [1.29, 1.82) is 0 Å². The van der Waals surface area contributed by atoms with Gasteiger partial charge in [-0.1, -0.05) is 60.7 Å². The van der Waals surface area contributed by atoms with Crippen molar-refractivity contribution in [2.75, 3.05) is 0 Å². The van der Waals surface area contributed by atoms with Crippen molar-refractivity contribution in [2.24, 2.45) is 5.14 Å². The number of benzene rings is 3. The van der Waals surface area contributed by atoms with E-state index in [4.69, 9.17) is 5.14 Å². The van der Waals surface area contributed by atoms with E-state index in [9.17, 15) is 17.2 Å². The monoisotopic (exact) mass is 439 g/mol. The Morgan fingerprint density at radius 3 is 2.03 bits per heavy atom. The van der Waals surface area contributed by atoms with Crippen LogP contribution in [0.5, 0.6) is 0 Å². The van der Waals surface area contributed by atoms with Gasteiger partial charge in [0.15, 0.2) is 0 Å². The van der Waals surface area contributed by atoms with E-state index >= 15 is 0 Å². The molecule has 0 saturated heterocycles. The van der Waals surface area contributed by atoms with Gasteiger partial charge < -0.3 is 0 Å². The molecule has 0 spiro atoms. The van der Waals surface area contributed by atoms with E-state index in [2.05, 4.69) is 5.10 Å². The van der Waals surface area contributed by atoms with Crippen LogP contribution in [-0.2, 0) is 22.4 Å². The molecule has 0 aliphatic heterocycles. The van der Waals surface area contributed by atoms with Crippen molar-refractivity contribution >= 4 is 10.0 Å². The van der Waals surface area contributed by atoms with E-state index in [1.807, 2.05) is 30.3 Å². The third kappa shape index (κ3) is 4.55. The van der Waals surface area contributed by atoms with Gasteiger partial charge in [0.2, 0.25) is 10.0 Å². The van der Waals surface area contributed by atoms with Crippen molar-refractivity contribution in [2.45, 2.75) is 17.2 Å². The fourth-order valence-electron chi connectivity index (χ4n) is 3.32. The summed E-state index contributed by atoms with van der Waals surface area (Å²) in [6.07, 6.45) is -0.570. The lowest BCUT2D eigenvalue weighted by molar-refractivity contribution is -0.00484. The zero-order valence-electron chi connectivity index (χ0n) is 16.3. The summed E-state index contributed by atoms with van der Waals surface area (Å²) in [5.74, 6) is -3.09. The van der Waals surface area contributed by atoms with Crippen LogP contribution in [0.2, 0.25) is 0 Å².